The van der Waals surface area contributed by atoms with Crippen molar-refractivity contribution in [2.24, 2.45) is 0 Å². The third-order valence-electron chi connectivity index (χ3n) is 6.44. The molecule has 0 spiro atoms. The third kappa shape index (κ3) is 8.59. The van der Waals surface area contributed by atoms with Crippen LogP contribution in [0.4, 0.5) is 0 Å². The Bertz CT molecular complexity index is 1070. The van der Waals surface area contributed by atoms with E-state index in [1.54, 1.807) is 18.4 Å². The summed E-state index contributed by atoms with van der Waals surface area (Å²) >= 11 is 3.22. The molecule has 202 valence electrons. The summed E-state index contributed by atoms with van der Waals surface area (Å²) in [6, 6.07) is 10.7. The lowest BCUT2D eigenvalue weighted by molar-refractivity contribution is -0.134. The van der Waals surface area contributed by atoms with Crippen LogP contribution in [0.5, 0.6) is 0 Å². The van der Waals surface area contributed by atoms with E-state index in [1.807, 2.05) is 32.6 Å². The van der Waals surface area contributed by atoms with Gasteiger partial charge in [-0.05, 0) is 79.5 Å². The van der Waals surface area contributed by atoms with Crippen molar-refractivity contribution in [2.75, 3.05) is 20.3 Å². The van der Waals surface area contributed by atoms with Crippen molar-refractivity contribution < 1.29 is 14.3 Å². The highest BCUT2D eigenvalue weighted by molar-refractivity contribution is 7.11. The lowest BCUT2D eigenvalue weighted by atomic mass is 9.93. The Morgan fingerprint density at radius 1 is 1.14 bits per heavy atom. The molecule has 1 saturated carbocycles. The summed E-state index contributed by atoms with van der Waals surface area (Å²) < 4.78 is 4.54. The zero-order valence-electron chi connectivity index (χ0n) is 23.2. The normalized spacial score (nSPS) is 13.0. The Morgan fingerprint density at radius 2 is 1.81 bits per heavy atom. The predicted molar refractivity (Wildman–Crippen MR) is 156 cm³/mol. The highest BCUT2D eigenvalue weighted by Gasteiger charge is 2.52. The number of benzene rings is 1. The molecule has 0 N–H and O–H groups in total. The molecule has 0 aliphatic heterocycles. The van der Waals surface area contributed by atoms with E-state index < -0.39 is 5.41 Å². The topological polar surface area (TPSA) is 59.5 Å². The maximum Gasteiger partial charge on any atom is 0.233 e. The lowest BCUT2D eigenvalue weighted by Gasteiger charge is -2.27. The Hall–Kier alpha value is -2.35. The molecule has 37 heavy (non-hydrogen) atoms. The van der Waals surface area contributed by atoms with Crippen LogP contribution in [0.2, 0.25) is 0 Å². The number of aldehydes is 1. The van der Waals surface area contributed by atoms with Crippen LogP contribution in [0, 0.1) is 6.92 Å². The van der Waals surface area contributed by atoms with Gasteiger partial charge in [-0.3, -0.25) is 9.59 Å². The number of carbonyl (C=O) groups excluding carboxylic acids is 2. The van der Waals surface area contributed by atoms with E-state index >= 15 is 0 Å². The SMILES string of the molecule is CC.CCOC.CCc1ccc(C2(C(=O)N(CCCc3ccsc3)Cc3nc(C=O)c(C)s3)CC2)cc1. The average molecular weight is 543 g/mol. The minimum atomic E-state index is -0.394. The molecule has 1 aliphatic rings. The zero-order valence-corrected chi connectivity index (χ0v) is 24.8. The molecular weight excluding hydrogens is 500 g/mol. The van der Waals surface area contributed by atoms with Crippen LogP contribution >= 0.6 is 22.7 Å². The highest BCUT2D eigenvalue weighted by Crippen LogP contribution is 2.50. The van der Waals surface area contributed by atoms with Crippen molar-refractivity contribution in [1.29, 1.82) is 0 Å². The summed E-state index contributed by atoms with van der Waals surface area (Å²) in [7, 11) is 1.68. The van der Waals surface area contributed by atoms with Gasteiger partial charge >= 0.3 is 0 Å². The summed E-state index contributed by atoms with van der Waals surface area (Å²) in [6.07, 6.45) is 5.47. The van der Waals surface area contributed by atoms with Gasteiger partial charge in [0.2, 0.25) is 5.91 Å². The molecule has 4 rings (SSSR count). The molecular formula is C30H42N2O3S2. The van der Waals surface area contributed by atoms with E-state index in [-0.39, 0.29) is 5.91 Å². The van der Waals surface area contributed by atoms with Crippen molar-refractivity contribution in [3.05, 3.63) is 73.4 Å². The van der Waals surface area contributed by atoms with Crippen LogP contribution in [0.3, 0.4) is 0 Å². The summed E-state index contributed by atoms with van der Waals surface area (Å²) in [6.45, 7) is 12.0. The fraction of sp³-hybridized carbons (Fsp3) is 0.500. The molecule has 1 aromatic carbocycles. The molecule has 0 saturated heterocycles. The van der Waals surface area contributed by atoms with Crippen molar-refractivity contribution in [3.63, 3.8) is 0 Å². The van der Waals surface area contributed by atoms with Crippen molar-refractivity contribution in [1.82, 2.24) is 9.88 Å². The molecule has 1 fully saturated rings. The van der Waals surface area contributed by atoms with Gasteiger partial charge in [0.1, 0.15) is 10.7 Å². The van der Waals surface area contributed by atoms with Crippen LogP contribution in [-0.4, -0.2) is 42.3 Å². The van der Waals surface area contributed by atoms with Crippen molar-refractivity contribution in [3.8, 4) is 0 Å². The summed E-state index contributed by atoms with van der Waals surface area (Å²) in [4.78, 5) is 32.4. The number of amides is 1. The van der Waals surface area contributed by atoms with E-state index in [0.29, 0.717) is 18.8 Å². The number of nitrogens with zero attached hydrogens (tertiary/aromatic N) is 2. The number of thiazole rings is 1. The van der Waals surface area contributed by atoms with Crippen LogP contribution in [0.25, 0.3) is 0 Å². The highest BCUT2D eigenvalue weighted by atomic mass is 32.1. The second kappa shape index (κ2) is 15.8. The molecule has 0 radical (unpaired) electrons. The van der Waals surface area contributed by atoms with Gasteiger partial charge in [-0.15, -0.1) is 11.3 Å². The van der Waals surface area contributed by atoms with Gasteiger partial charge in [-0.1, -0.05) is 45.0 Å². The standard InChI is InChI=1S/C25H28N2O2S2.C3H8O.C2H6/c1-3-19-6-8-21(9-7-19)25(11-12-25)24(29)27(13-4-5-20-10-14-30-17-20)15-23-26-22(16-28)18(2)31-23;1-3-4-2;1-2/h6-10,14,16-17H,3-5,11-13,15H2,1-2H3;3H2,1-2H3;1-2H3. The Kier molecular flexibility index (Phi) is 13.2. The average Bonchev–Trinajstić information content (AvgIpc) is 3.43. The molecule has 0 bridgehead atoms. The summed E-state index contributed by atoms with van der Waals surface area (Å²) in [5, 5.41) is 5.10. The van der Waals surface area contributed by atoms with Crippen LogP contribution in [-0.2, 0) is 34.3 Å². The number of ether oxygens (including phenoxy) is 1. The number of methoxy groups -OCH3 is 1. The van der Waals surface area contributed by atoms with E-state index in [4.69, 9.17) is 0 Å². The first-order chi connectivity index (χ1) is 18.0. The lowest BCUT2D eigenvalue weighted by Crippen LogP contribution is -2.39. The molecule has 0 atom stereocenters. The number of thiophene rings is 1. The van der Waals surface area contributed by atoms with E-state index in [1.165, 1.54) is 22.5 Å². The van der Waals surface area contributed by atoms with Crippen molar-refractivity contribution in [2.45, 2.75) is 78.7 Å². The Balaban J connectivity index is 0.000000733. The molecule has 7 heteroatoms. The molecule has 5 nitrogen and oxygen atoms in total. The second-order valence-electron chi connectivity index (χ2n) is 8.84. The quantitative estimate of drug-likeness (QED) is 0.239. The van der Waals surface area contributed by atoms with Gasteiger partial charge in [0, 0.05) is 25.1 Å². The van der Waals surface area contributed by atoms with Gasteiger partial charge in [0.05, 0.1) is 12.0 Å². The second-order valence-corrected chi connectivity index (χ2v) is 10.9. The van der Waals surface area contributed by atoms with E-state index in [0.717, 1.165) is 60.4 Å². The van der Waals surface area contributed by atoms with Gasteiger partial charge in [0.15, 0.2) is 6.29 Å². The first kappa shape index (κ1) is 30.9. The minimum Gasteiger partial charge on any atom is -0.385 e. The van der Waals surface area contributed by atoms with E-state index in [9.17, 15) is 9.59 Å². The molecule has 2 aromatic heterocycles. The van der Waals surface area contributed by atoms with Gasteiger partial charge < -0.3 is 9.64 Å². The number of carbonyl (C=O) groups is 2. The number of aryl methyl sites for hydroxylation is 3. The van der Waals surface area contributed by atoms with Crippen LogP contribution < -0.4 is 0 Å². The fourth-order valence-electron chi connectivity index (χ4n) is 4.08. The third-order valence-corrected chi connectivity index (χ3v) is 8.14. The first-order valence-electron chi connectivity index (χ1n) is 13.3. The molecule has 0 unspecified atom stereocenters. The maximum atomic E-state index is 13.8. The minimum absolute atomic E-state index is 0.197. The van der Waals surface area contributed by atoms with Crippen LogP contribution in [0.15, 0.2) is 41.1 Å². The largest absolute Gasteiger partial charge is 0.385 e. The first-order valence-corrected chi connectivity index (χ1v) is 15.0. The number of hydrogen-bond acceptors (Lipinski definition) is 6. The zero-order chi connectivity index (χ0) is 27.3. The van der Waals surface area contributed by atoms with E-state index in [2.05, 4.69) is 57.7 Å². The number of hydrogen-bond donors (Lipinski definition) is 0. The smallest absolute Gasteiger partial charge is 0.233 e. The van der Waals surface area contributed by atoms with Gasteiger partial charge in [-0.25, -0.2) is 4.98 Å². The summed E-state index contributed by atoms with van der Waals surface area (Å²) in [5.41, 5.74) is 3.83. The molecule has 1 aliphatic carbocycles. The monoisotopic (exact) mass is 542 g/mol. The number of rotatable bonds is 11. The Morgan fingerprint density at radius 3 is 2.30 bits per heavy atom. The summed E-state index contributed by atoms with van der Waals surface area (Å²) in [5.74, 6) is 0.197. The molecule has 3 aromatic rings. The van der Waals surface area contributed by atoms with Gasteiger partial charge in [-0.2, -0.15) is 11.3 Å². The van der Waals surface area contributed by atoms with Gasteiger partial charge in [0.25, 0.3) is 0 Å². The number of aromatic nitrogens is 1. The maximum absolute atomic E-state index is 13.8. The molecule has 1 amide bonds. The van der Waals surface area contributed by atoms with Crippen LogP contribution in [0.1, 0.15) is 84.0 Å². The predicted octanol–water partition coefficient (Wildman–Crippen LogP) is 7.26. The van der Waals surface area contributed by atoms with Crippen molar-refractivity contribution >= 4 is 34.9 Å². The Labute approximate surface area is 230 Å². The fourth-order valence-corrected chi connectivity index (χ4v) is 5.70. The molecule has 2 heterocycles.